The van der Waals surface area contributed by atoms with Gasteiger partial charge < -0.3 is 20.6 Å². The maximum absolute atomic E-state index is 12.3. The van der Waals surface area contributed by atoms with Crippen LogP contribution in [0.4, 0.5) is 0 Å². The highest BCUT2D eigenvalue weighted by Gasteiger charge is 2.23. The molecule has 0 aliphatic rings. The molecule has 1 amide bonds. The third-order valence-electron chi connectivity index (χ3n) is 3.34. The van der Waals surface area contributed by atoms with Crippen LogP contribution >= 0.6 is 0 Å². The van der Waals surface area contributed by atoms with Gasteiger partial charge in [0.1, 0.15) is 0 Å². The minimum absolute atomic E-state index is 0.264. The topological polar surface area (TPSA) is 141 Å². The molecule has 0 radical (unpaired) electrons. The molecule has 8 nitrogen and oxygen atoms in total. The average molecular weight is 343 g/mol. The summed E-state index contributed by atoms with van der Waals surface area (Å²) in [6, 6.07) is 9.41. The number of carbonyl (C=O) groups is 4. The monoisotopic (exact) mass is 343 g/mol. The van der Waals surface area contributed by atoms with Crippen LogP contribution in [0.15, 0.2) is 48.5 Å². The Morgan fingerprint density at radius 3 is 1.68 bits per heavy atom. The van der Waals surface area contributed by atoms with E-state index in [1.54, 1.807) is 18.2 Å². The van der Waals surface area contributed by atoms with Crippen molar-refractivity contribution in [2.75, 3.05) is 0 Å². The molecule has 0 spiro atoms. The standard InChI is InChI=1S/C17H13NO7/c19-14(18-13(17(24)25)9-4-2-1-3-5-9)10-6-11(15(20)21)8-12(7-10)16(22)23/h1-8,13H,(H,18,19)(H,20,21)(H,22,23)(H,24,25). The number of hydrogen-bond acceptors (Lipinski definition) is 4. The van der Waals surface area contributed by atoms with Gasteiger partial charge in [-0.1, -0.05) is 30.3 Å². The van der Waals surface area contributed by atoms with Crippen LogP contribution in [0.25, 0.3) is 0 Å². The number of hydrogen-bond donors (Lipinski definition) is 4. The smallest absolute Gasteiger partial charge is 0.335 e. The quantitative estimate of drug-likeness (QED) is 0.624. The van der Waals surface area contributed by atoms with Crippen molar-refractivity contribution >= 4 is 23.8 Å². The molecule has 1 atom stereocenters. The van der Waals surface area contributed by atoms with Crippen molar-refractivity contribution in [1.29, 1.82) is 0 Å². The Balaban J connectivity index is 2.37. The van der Waals surface area contributed by atoms with Gasteiger partial charge in [0, 0.05) is 5.56 Å². The van der Waals surface area contributed by atoms with Gasteiger partial charge in [-0.05, 0) is 23.8 Å². The molecule has 8 heteroatoms. The third kappa shape index (κ3) is 4.20. The zero-order chi connectivity index (χ0) is 18.6. The van der Waals surface area contributed by atoms with Gasteiger partial charge in [-0.3, -0.25) is 4.79 Å². The highest BCUT2D eigenvalue weighted by molar-refractivity contribution is 6.02. The predicted molar refractivity (Wildman–Crippen MR) is 84.6 cm³/mol. The molecule has 2 aromatic carbocycles. The summed E-state index contributed by atoms with van der Waals surface area (Å²) in [4.78, 5) is 45.9. The Labute approximate surface area is 141 Å². The van der Waals surface area contributed by atoms with Crippen LogP contribution in [0.2, 0.25) is 0 Å². The number of aromatic carboxylic acids is 2. The Bertz CT molecular complexity index is 813. The van der Waals surface area contributed by atoms with Crippen molar-refractivity contribution in [2.24, 2.45) is 0 Å². The highest BCUT2D eigenvalue weighted by atomic mass is 16.4. The highest BCUT2D eigenvalue weighted by Crippen LogP contribution is 2.16. The largest absolute Gasteiger partial charge is 0.479 e. The van der Waals surface area contributed by atoms with E-state index in [0.717, 1.165) is 18.2 Å². The normalized spacial score (nSPS) is 11.4. The molecule has 0 aliphatic carbocycles. The molecule has 0 aromatic heterocycles. The van der Waals surface area contributed by atoms with Crippen molar-refractivity contribution in [1.82, 2.24) is 5.32 Å². The summed E-state index contributed by atoms with van der Waals surface area (Å²) in [5, 5.41) is 29.6. The average Bonchev–Trinajstić information content (AvgIpc) is 2.59. The number of carboxylic acids is 3. The van der Waals surface area contributed by atoms with Gasteiger partial charge >= 0.3 is 17.9 Å². The van der Waals surface area contributed by atoms with Gasteiger partial charge in [0.2, 0.25) is 0 Å². The molecule has 0 saturated carbocycles. The van der Waals surface area contributed by atoms with Gasteiger partial charge in [0.25, 0.3) is 5.91 Å². The van der Waals surface area contributed by atoms with E-state index in [9.17, 15) is 24.3 Å². The number of nitrogens with one attached hydrogen (secondary N) is 1. The molecule has 4 N–H and O–H groups in total. The summed E-state index contributed by atoms with van der Waals surface area (Å²) in [5.41, 5.74) is -0.732. The summed E-state index contributed by atoms with van der Waals surface area (Å²) in [6.07, 6.45) is 0. The summed E-state index contributed by atoms with van der Waals surface area (Å²) >= 11 is 0. The number of rotatable bonds is 6. The van der Waals surface area contributed by atoms with Gasteiger partial charge in [-0.15, -0.1) is 0 Å². The first kappa shape index (κ1) is 17.7. The molecular weight excluding hydrogens is 330 g/mol. The Morgan fingerprint density at radius 1 is 0.760 bits per heavy atom. The summed E-state index contributed by atoms with van der Waals surface area (Å²) < 4.78 is 0. The predicted octanol–water partition coefficient (Wildman–Crippen LogP) is 1.64. The summed E-state index contributed by atoms with van der Waals surface area (Å²) in [7, 11) is 0. The fraction of sp³-hybridized carbons (Fsp3) is 0.0588. The maximum atomic E-state index is 12.3. The van der Waals surface area contributed by atoms with Gasteiger partial charge in [0.15, 0.2) is 6.04 Å². The molecule has 0 aliphatic heterocycles. The Hall–Kier alpha value is -3.68. The van der Waals surface area contributed by atoms with E-state index in [-0.39, 0.29) is 5.56 Å². The lowest BCUT2D eigenvalue weighted by Crippen LogP contribution is -2.34. The molecule has 0 fully saturated rings. The first-order valence-corrected chi connectivity index (χ1v) is 7.00. The van der Waals surface area contributed by atoms with E-state index in [2.05, 4.69) is 5.32 Å². The Kier molecular flexibility index (Phi) is 5.13. The van der Waals surface area contributed by atoms with E-state index in [1.165, 1.54) is 12.1 Å². The fourth-order valence-corrected chi connectivity index (χ4v) is 2.15. The minimum Gasteiger partial charge on any atom is -0.479 e. The number of carbonyl (C=O) groups excluding carboxylic acids is 1. The SMILES string of the molecule is O=C(O)c1cc(C(=O)O)cc(C(=O)NC(C(=O)O)c2ccccc2)c1. The number of amides is 1. The van der Waals surface area contributed by atoms with Crippen LogP contribution in [0, 0.1) is 0 Å². The van der Waals surface area contributed by atoms with Crippen molar-refractivity contribution in [3.63, 3.8) is 0 Å². The Morgan fingerprint density at radius 2 is 1.24 bits per heavy atom. The van der Waals surface area contributed by atoms with Crippen molar-refractivity contribution in [3.05, 3.63) is 70.8 Å². The lowest BCUT2D eigenvalue weighted by molar-refractivity contribution is -0.139. The zero-order valence-corrected chi connectivity index (χ0v) is 12.7. The van der Waals surface area contributed by atoms with Crippen LogP contribution < -0.4 is 5.32 Å². The van der Waals surface area contributed by atoms with Gasteiger partial charge in [-0.2, -0.15) is 0 Å². The maximum Gasteiger partial charge on any atom is 0.335 e. The first-order valence-electron chi connectivity index (χ1n) is 7.00. The molecule has 2 aromatic rings. The van der Waals surface area contributed by atoms with Gasteiger partial charge in [-0.25, -0.2) is 14.4 Å². The number of aliphatic carboxylic acids is 1. The van der Waals surface area contributed by atoms with Crippen LogP contribution in [0.5, 0.6) is 0 Å². The molecule has 0 saturated heterocycles. The number of benzene rings is 2. The molecule has 2 rings (SSSR count). The van der Waals surface area contributed by atoms with Crippen molar-refractivity contribution in [3.8, 4) is 0 Å². The van der Waals surface area contributed by atoms with E-state index >= 15 is 0 Å². The van der Waals surface area contributed by atoms with Crippen LogP contribution in [0.3, 0.4) is 0 Å². The lowest BCUT2D eigenvalue weighted by atomic mass is 10.0. The van der Waals surface area contributed by atoms with Crippen molar-refractivity contribution < 1.29 is 34.5 Å². The molecule has 0 heterocycles. The third-order valence-corrected chi connectivity index (χ3v) is 3.34. The lowest BCUT2D eigenvalue weighted by Gasteiger charge is -2.15. The van der Waals surface area contributed by atoms with E-state index in [0.29, 0.717) is 5.56 Å². The second kappa shape index (κ2) is 7.26. The van der Waals surface area contributed by atoms with Crippen molar-refractivity contribution in [2.45, 2.75) is 6.04 Å². The van der Waals surface area contributed by atoms with Crippen LogP contribution in [-0.2, 0) is 4.79 Å². The van der Waals surface area contributed by atoms with E-state index in [4.69, 9.17) is 10.2 Å². The molecule has 1 unspecified atom stereocenters. The summed E-state index contributed by atoms with van der Waals surface area (Å²) in [6.45, 7) is 0. The number of carboxylic acid groups (broad SMARTS) is 3. The fourth-order valence-electron chi connectivity index (χ4n) is 2.15. The minimum atomic E-state index is -1.41. The molecule has 0 bridgehead atoms. The van der Waals surface area contributed by atoms with Crippen LogP contribution in [0.1, 0.15) is 42.7 Å². The van der Waals surface area contributed by atoms with Gasteiger partial charge in [0.05, 0.1) is 11.1 Å². The molecule has 128 valence electrons. The summed E-state index contributed by atoms with van der Waals surface area (Å²) in [5.74, 6) is -5.03. The second-order valence-corrected chi connectivity index (χ2v) is 5.06. The first-order chi connectivity index (χ1) is 11.8. The van der Waals surface area contributed by atoms with E-state index in [1.807, 2.05) is 0 Å². The second-order valence-electron chi connectivity index (χ2n) is 5.06. The van der Waals surface area contributed by atoms with Crippen LogP contribution in [-0.4, -0.2) is 39.1 Å². The molecular formula is C17H13NO7. The molecule has 25 heavy (non-hydrogen) atoms. The van der Waals surface area contributed by atoms with E-state index < -0.39 is 41.0 Å². The zero-order valence-electron chi connectivity index (χ0n) is 12.7.